The molecule has 2 aromatic heterocycles. The molecule has 0 bridgehead atoms. The van der Waals surface area contributed by atoms with Gasteiger partial charge in [-0.2, -0.15) is 5.10 Å². The van der Waals surface area contributed by atoms with E-state index < -0.39 is 21.4 Å². The van der Waals surface area contributed by atoms with Gasteiger partial charge in [-0.1, -0.05) is 17.7 Å². The van der Waals surface area contributed by atoms with Crippen molar-refractivity contribution in [3.63, 3.8) is 0 Å². The number of sulfone groups is 1. The minimum absolute atomic E-state index is 0.00428. The summed E-state index contributed by atoms with van der Waals surface area (Å²) in [5.41, 5.74) is 6.58. The Kier molecular flexibility index (Phi) is 5.60. The van der Waals surface area contributed by atoms with E-state index >= 15 is 0 Å². The molecule has 180 valence electrons. The van der Waals surface area contributed by atoms with Crippen molar-refractivity contribution in [1.82, 2.24) is 19.5 Å². The van der Waals surface area contributed by atoms with Crippen LogP contribution in [0, 0.1) is 0 Å². The van der Waals surface area contributed by atoms with Gasteiger partial charge in [0, 0.05) is 25.3 Å². The molecule has 0 spiro atoms. The molecule has 0 radical (unpaired) electrons. The Morgan fingerprint density at radius 3 is 2.56 bits per heavy atom. The van der Waals surface area contributed by atoms with E-state index in [1.54, 1.807) is 39.0 Å². The second-order valence-electron chi connectivity index (χ2n) is 8.95. The molecule has 1 fully saturated rings. The first-order valence-electron chi connectivity index (χ1n) is 10.5. The van der Waals surface area contributed by atoms with Gasteiger partial charge in [0.25, 0.3) is 5.91 Å². The fourth-order valence-corrected chi connectivity index (χ4v) is 5.59. The SMILES string of the molecule is CC(=O)N1C[C@H](C)N(c2cc(-c3cc(Cl)c4c(N)ncnn34)ccc2S(C)(=O)=O)C(=O)C1(C)C. The molecule has 0 unspecified atom stereocenters. The van der Waals surface area contributed by atoms with Crippen molar-refractivity contribution >= 4 is 50.3 Å². The van der Waals surface area contributed by atoms with E-state index in [0.29, 0.717) is 21.8 Å². The number of nitrogens with two attached hydrogens (primary N) is 1. The first-order valence-corrected chi connectivity index (χ1v) is 12.8. The van der Waals surface area contributed by atoms with Gasteiger partial charge in [0.05, 0.1) is 27.3 Å². The van der Waals surface area contributed by atoms with Crippen LogP contribution in [0.25, 0.3) is 16.8 Å². The summed E-state index contributed by atoms with van der Waals surface area (Å²) >= 11 is 6.38. The molecule has 4 rings (SSSR count). The van der Waals surface area contributed by atoms with Crippen molar-refractivity contribution in [1.29, 1.82) is 0 Å². The van der Waals surface area contributed by atoms with Crippen LogP contribution in [0.4, 0.5) is 11.5 Å². The third-order valence-corrected chi connectivity index (χ3v) is 7.57. The molecule has 1 saturated heterocycles. The average Bonchev–Trinajstić information content (AvgIpc) is 3.08. The largest absolute Gasteiger partial charge is 0.382 e. The lowest BCUT2D eigenvalue weighted by molar-refractivity contribution is -0.146. The molecular weight excluding hydrogens is 480 g/mol. The van der Waals surface area contributed by atoms with E-state index in [4.69, 9.17) is 17.3 Å². The Hall–Kier alpha value is -3.18. The summed E-state index contributed by atoms with van der Waals surface area (Å²) in [6.45, 7) is 6.75. The highest BCUT2D eigenvalue weighted by Gasteiger charge is 2.47. The van der Waals surface area contributed by atoms with Crippen molar-refractivity contribution < 1.29 is 18.0 Å². The predicted octanol–water partition coefficient (Wildman–Crippen LogP) is 2.40. The lowest BCUT2D eigenvalue weighted by Crippen LogP contribution is -2.67. The number of piperazine rings is 1. The summed E-state index contributed by atoms with van der Waals surface area (Å²) in [6.07, 6.45) is 2.39. The maximum Gasteiger partial charge on any atom is 0.252 e. The van der Waals surface area contributed by atoms with E-state index in [1.165, 1.54) is 33.6 Å². The lowest BCUT2D eigenvalue weighted by Gasteiger charge is -2.49. The molecule has 2 amide bonds. The molecule has 1 atom stereocenters. The monoisotopic (exact) mass is 504 g/mol. The van der Waals surface area contributed by atoms with E-state index in [2.05, 4.69) is 10.1 Å². The minimum Gasteiger partial charge on any atom is -0.382 e. The summed E-state index contributed by atoms with van der Waals surface area (Å²) in [6, 6.07) is 5.90. The Morgan fingerprint density at radius 1 is 1.26 bits per heavy atom. The number of nitrogen functional groups attached to an aromatic ring is 1. The second kappa shape index (κ2) is 7.95. The molecule has 3 heterocycles. The molecule has 1 aliphatic rings. The fourth-order valence-electron chi connectivity index (χ4n) is 4.46. The first-order chi connectivity index (χ1) is 15.7. The highest BCUT2D eigenvalue weighted by molar-refractivity contribution is 7.90. The third-order valence-electron chi connectivity index (χ3n) is 6.13. The van der Waals surface area contributed by atoms with Gasteiger partial charge in [0.15, 0.2) is 15.7 Å². The van der Waals surface area contributed by atoms with Crippen LogP contribution >= 0.6 is 11.6 Å². The van der Waals surface area contributed by atoms with Crippen molar-refractivity contribution in [2.75, 3.05) is 23.4 Å². The Balaban J connectivity index is 1.95. The molecule has 1 aliphatic heterocycles. The molecule has 2 N–H and O–H groups in total. The van der Waals surface area contributed by atoms with Crippen LogP contribution in [0.2, 0.25) is 5.02 Å². The van der Waals surface area contributed by atoms with Gasteiger partial charge in [0.2, 0.25) is 5.91 Å². The average molecular weight is 505 g/mol. The zero-order chi connectivity index (χ0) is 25.2. The van der Waals surface area contributed by atoms with Gasteiger partial charge in [-0.05, 0) is 39.0 Å². The number of hydrogen-bond acceptors (Lipinski definition) is 7. The summed E-state index contributed by atoms with van der Waals surface area (Å²) in [5.74, 6) is -0.410. The fraction of sp³-hybridized carbons (Fsp3) is 0.364. The number of nitrogens with zero attached hydrogens (tertiary/aromatic N) is 5. The van der Waals surface area contributed by atoms with Crippen LogP contribution in [-0.4, -0.2) is 64.1 Å². The topological polar surface area (TPSA) is 131 Å². The van der Waals surface area contributed by atoms with Crippen LogP contribution in [0.1, 0.15) is 27.7 Å². The molecule has 0 saturated carbocycles. The van der Waals surface area contributed by atoms with E-state index in [1.807, 2.05) is 0 Å². The number of carbonyl (C=O) groups excluding carboxylic acids is 2. The van der Waals surface area contributed by atoms with Crippen molar-refractivity contribution in [2.45, 2.75) is 44.2 Å². The zero-order valence-electron chi connectivity index (χ0n) is 19.4. The Morgan fingerprint density at radius 2 is 1.94 bits per heavy atom. The maximum atomic E-state index is 13.6. The van der Waals surface area contributed by atoms with E-state index in [0.717, 1.165) is 6.26 Å². The standard InChI is InChI=1S/C22H25ClN6O4S/c1-12-10-27(13(2)30)22(3,4)21(31)28(12)17-8-14(6-7-18(17)34(5,32)33)16-9-15(23)19-20(24)25-11-26-29(16)19/h6-9,11-12H,10H2,1-5H3,(H2,24,25,26)/t12-/m0/s1. The number of amides is 2. The van der Waals surface area contributed by atoms with Crippen LogP contribution in [0.15, 0.2) is 35.5 Å². The van der Waals surface area contributed by atoms with Gasteiger partial charge in [-0.15, -0.1) is 0 Å². The highest BCUT2D eigenvalue weighted by Crippen LogP contribution is 2.38. The van der Waals surface area contributed by atoms with E-state index in [-0.39, 0.29) is 34.8 Å². The quantitative estimate of drug-likeness (QED) is 0.579. The summed E-state index contributed by atoms with van der Waals surface area (Å²) < 4.78 is 26.9. The molecule has 3 aromatic rings. The summed E-state index contributed by atoms with van der Waals surface area (Å²) in [5, 5.41) is 4.57. The number of anilines is 2. The van der Waals surface area contributed by atoms with Crippen molar-refractivity contribution in [3.8, 4) is 11.3 Å². The maximum absolute atomic E-state index is 13.6. The van der Waals surface area contributed by atoms with Gasteiger partial charge in [-0.25, -0.2) is 17.9 Å². The van der Waals surface area contributed by atoms with Crippen LogP contribution in [-0.2, 0) is 19.4 Å². The van der Waals surface area contributed by atoms with Gasteiger partial charge >= 0.3 is 0 Å². The molecule has 10 nitrogen and oxygen atoms in total. The number of carbonyl (C=O) groups is 2. The predicted molar refractivity (Wildman–Crippen MR) is 129 cm³/mol. The minimum atomic E-state index is -3.69. The molecule has 0 aliphatic carbocycles. The lowest BCUT2D eigenvalue weighted by atomic mass is 9.93. The number of halogens is 1. The number of rotatable bonds is 3. The van der Waals surface area contributed by atoms with Gasteiger partial charge in [0.1, 0.15) is 17.4 Å². The van der Waals surface area contributed by atoms with Crippen molar-refractivity contribution in [3.05, 3.63) is 35.6 Å². The van der Waals surface area contributed by atoms with Crippen LogP contribution in [0.3, 0.4) is 0 Å². The van der Waals surface area contributed by atoms with Gasteiger partial charge in [-0.3, -0.25) is 9.59 Å². The normalized spacial score (nSPS) is 18.5. The Bertz CT molecular complexity index is 1450. The smallest absolute Gasteiger partial charge is 0.252 e. The number of fused-ring (bicyclic) bond motifs is 1. The number of hydrogen-bond donors (Lipinski definition) is 1. The second-order valence-corrected chi connectivity index (χ2v) is 11.3. The van der Waals surface area contributed by atoms with E-state index in [9.17, 15) is 18.0 Å². The van der Waals surface area contributed by atoms with Crippen LogP contribution in [0.5, 0.6) is 0 Å². The Labute approximate surface area is 202 Å². The summed E-state index contributed by atoms with van der Waals surface area (Å²) in [4.78, 5) is 32.8. The number of benzene rings is 1. The first kappa shape index (κ1) is 24.0. The molecule has 34 heavy (non-hydrogen) atoms. The zero-order valence-corrected chi connectivity index (χ0v) is 21.0. The van der Waals surface area contributed by atoms with Crippen LogP contribution < -0.4 is 10.6 Å². The molecular formula is C22H25ClN6O4S. The molecule has 1 aromatic carbocycles. The summed E-state index contributed by atoms with van der Waals surface area (Å²) in [7, 11) is -3.69. The van der Waals surface area contributed by atoms with Crippen molar-refractivity contribution in [2.24, 2.45) is 0 Å². The number of aromatic nitrogens is 3. The highest BCUT2D eigenvalue weighted by atomic mass is 35.5. The third kappa shape index (κ3) is 3.68. The molecule has 12 heteroatoms. The van der Waals surface area contributed by atoms with Gasteiger partial charge < -0.3 is 15.5 Å².